The van der Waals surface area contributed by atoms with Gasteiger partial charge < -0.3 is 24.4 Å². The number of aliphatic hydroxyl groups is 1. The molecule has 1 aliphatic heterocycles. The summed E-state index contributed by atoms with van der Waals surface area (Å²) < 4.78 is 10.2. The predicted octanol–water partition coefficient (Wildman–Crippen LogP) is 0.0746. The van der Waals surface area contributed by atoms with E-state index in [0.29, 0.717) is 39.3 Å². The molecule has 0 aromatic carbocycles. The lowest BCUT2D eigenvalue weighted by Gasteiger charge is -2.20. The van der Waals surface area contributed by atoms with Crippen LogP contribution >= 0.6 is 0 Å². The van der Waals surface area contributed by atoms with Crippen molar-refractivity contribution in [3.05, 3.63) is 0 Å². The fourth-order valence-electron chi connectivity index (χ4n) is 2.02. The van der Waals surface area contributed by atoms with E-state index in [2.05, 4.69) is 0 Å². The molecule has 1 atom stereocenters. The van der Waals surface area contributed by atoms with Gasteiger partial charge in [0, 0.05) is 19.6 Å². The van der Waals surface area contributed by atoms with Gasteiger partial charge in [0.15, 0.2) is 0 Å². The molecule has 0 aliphatic carbocycles. The highest BCUT2D eigenvalue weighted by Gasteiger charge is 2.29. The standard InChI is InChI=1S/C13H24N2O5/c1-3-19-12(17)10-15-7-6-14(13(15)18)5-4-11(2)20-9-8-16/h11,16H,3-10H2,1-2H3. The summed E-state index contributed by atoms with van der Waals surface area (Å²) in [5, 5.41) is 8.66. The van der Waals surface area contributed by atoms with Crippen LogP contribution in [-0.2, 0) is 14.3 Å². The van der Waals surface area contributed by atoms with E-state index >= 15 is 0 Å². The minimum Gasteiger partial charge on any atom is -0.465 e. The Hall–Kier alpha value is -1.34. The van der Waals surface area contributed by atoms with Gasteiger partial charge >= 0.3 is 12.0 Å². The number of nitrogens with zero attached hydrogens (tertiary/aromatic N) is 2. The molecule has 0 aromatic heterocycles. The fourth-order valence-corrected chi connectivity index (χ4v) is 2.02. The molecule has 0 bridgehead atoms. The van der Waals surface area contributed by atoms with Crippen molar-refractivity contribution < 1.29 is 24.2 Å². The maximum Gasteiger partial charge on any atom is 0.325 e. The lowest BCUT2D eigenvalue weighted by atomic mass is 10.2. The van der Waals surface area contributed by atoms with Crippen LogP contribution in [0, 0.1) is 0 Å². The summed E-state index contributed by atoms with van der Waals surface area (Å²) in [7, 11) is 0. The molecule has 2 amide bonds. The highest BCUT2D eigenvalue weighted by Crippen LogP contribution is 2.10. The summed E-state index contributed by atoms with van der Waals surface area (Å²) in [6.07, 6.45) is 0.702. The predicted molar refractivity (Wildman–Crippen MR) is 72.3 cm³/mol. The Morgan fingerprint density at radius 3 is 2.75 bits per heavy atom. The van der Waals surface area contributed by atoms with Gasteiger partial charge in [0.05, 0.1) is 25.9 Å². The first-order chi connectivity index (χ1) is 9.58. The molecule has 0 aromatic rings. The summed E-state index contributed by atoms with van der Waals surface area (Å²) in [4.78, 5) is 26.6. The fraction of sp³-hybridized carbons (Fsp3) is 0.846. The second kappa shape index (κ2) is 8.76. The molecule has 116 valence electrons. The molecular formula is C13H24N2O5. The molecule has 1 N–H and O–H groups in total. The third-order valence-corrected chi connectivity index (χ3v) is 3.11. The maximum atomic E-state index is 12.0. The van der Waals surface area contributed by atoms with Crippen molar-refractivity contribution in [2.75, 3.05) is 46.0 Å². The minimum absolute atomic E-state index is 0.000300. The number of esters is 1. The number of urea groups is 1. The summed E-state index contributed by atoms with van der Waals surface area (Å²) in [5.74, 6) is -0.373. The van der Waals surface area contributed by atoms with Gasteiger partial charge in [-0.15, -0.1) is 0 Å². The van der Waals surface area contributed by atoms with Crippen molar-refractivity contribution in [1.29, 1.82) is 0 Å². The first-order valence-corrected chi connectivity index (χ1v) is 7.00. The molecule has 0 saturated carbocycles. The van der Waals surface area contributed by atoms with Crippen LogP contribution in [0.4, 0.5) is 4.79 Å². The number of aliphatic hydroxyl groups excluding tert-OH is 1. The second-order valence-corrected chi connectivity index (χ2v) is 4.69. The molecule has 1 rings (SSSR count). The van der Waals surface area contributed by atoms with E-state index in [1.165, 1.54) is 4.90 Å². The van der Waals surface area contributed by atoms with Gasteiger partial charge in [-0.05, 0) is 20.3 Å². The van der Waals surface area contributed by atoms with Gasteiger partial charge in [0.2, 0.25) is 0 Å². The van der Waals surface area contributed by atoms with E-state index in [9.17, 15) is 9.59 Å². The zero-order chi connectivity index (χ0) is 15.0. The van der Waals surface area contributed by atoms with Gasteiger partial charge in [-0.3, -0.25) is 4.79 Å². The summed E-state index contributed by atoms with van der Waals surface area (Å²) in [6.45, 7) is 6.05. The number of hydrogen-bond donors (Lipinski definition) is 1. The van der Waals surface area contributed by atoms with E-state index in [-0.39, 0.29) is 31.3 Å². The Bertz CT molecular complexity index is 324. The Morgan fingerprint density at radius 2 is 2.10 bits per heavy atom. The number of carbonyl (C=O) groups excluding carboxylic acids is 2. The molecule has 20 heavy (non-hydrogen) atoms. The zero-order valence-electron chi connectivity index (χ0n) is 12.2. The second-order valence-electron chi connectivity index (χ2n) is 4.69. The number of rotatable bonds is 9. The average molecular weight is 288 g/mol. The van der Waals surface area contributed by atoms with Crippen molar-refractivity contribution in [3.63, 3.8) is 0 Å². The zero-order valence-corrected chi connectivity index (χ0v) is 12.2. The summed E-state index contributed by atoms with van der Waals surface area (Å²) >= 11 is 0. The number of amides is 2. The maximum absolute atomic E-state index is 12.0. The van der Waals surface area contributed by atoms with Crippen LogP contribution < -0.4 is 0 Å². The van der Waals surface area contributed by atoms with Crippen molar-refractivity contribution >= 4 is 12.0 Å². The molecule has 0 spiro atoms. The lowest BCUT2D eigenvalue weighted by molar-refractivity contribution is -0.143. The van der Waals surface area contributed by atoms with Gasteiger partial charge in [-0.2, -0.15) is 0 Å². The molecule has 1 fully saturated rings. The smallest absolute Gasteiger partial charge is 0.325 e. The van der Waals surface area contributed by atoms with Gasteiger partial charge in [0.1, 0.15) is 6.54 Å². The van der Waals surface area contributed by atoms with Crippen molar-refractivity contribution in [3.8, 4) is 0 Å². The third kappa shape index (κ3) is 5.34. The quantitative estimate of drug-likeness (QED) is 0.608. The normalized spacial score (nSPS) is 16.6. The van der Waals surface area contributed by atoms with E-state index < -0.39 is 0 Å². The van der Waals surface area contributed by atoms with Crippen LogP contribution in [0.3, 0.4) is 0 Å². The van der Waals surface area contributed by atoms with Crippen LogP contribution in [0.15, 0.2) is 0 Å². The molecule has 1 heterocycles. The number of ether oxygens (including phenoxy) is 2. The van der Waals surface area contributed by atoms with Crippen molar-refractivity contribution in [2.24, 2.45) is 0 Å². The Labute approximate surface area is 119 Å². The highest BCUT2D eigenvalue weighted by molar-refractivity contribution is 5.82. The van der Waals surface area contributed by atoms with Crippen LogP contribution in [-0.4, -0.2) is 79.0 Å². The summed E-state index contributed by atoms with van der Waals surface area (Å²) in [6, 6.07) is -0.132. The highest BCUT2D eigenvalue weighted by atomic mass is 16.5. The SMILES string of the molecule is CCOC(=O)CN1CCN(CCC(C)OCCO)C1=O. The number of hydrogen-bond acceptors (Lipinski definition) is 5. The Balaban J connectivity index is 2.29. The van der Waals surface area contributed by atoms with E-state index in [4.69, 9.17) is 14.6 Å². The van der Waals surface area contributed by atoms with Crippen molar-refractivity contribution in [1.82, 2.24) is 9.80 Å². The molecular weight excluding hydrogens is 264 g/mol. The minimum atomic E-state index is -0.373. The topological polar surface area (TPSA) is 79.3 Å². The van der Waals surface area contributed by atoms with Gasteiger partial charge in [-0.25, -0.2) is 4.79 Å². The molecule has 1 unspecified atom stereocenters. The Kier molecular flexibility index (Phi) is 7.32. The monoisotopic (exact) mass is 288 g/mol. The van der Waals surface area contributed by atoms with Crippen LogP contribution in [0.5, 0.6) is 0 Å². The molecule has 7 nitrogen and oxygen atoms in total. The first-order valence-electron chi connectivity index (χ1n) is 7.00. The third-order valence-electron chi connectivity index (χ3n) is 3.11. The first kappa shape index (κ1) is 16.7. The van der Waals surface area contributed by atoms with Crippen LogP contribution in [0.2, 0.25) is 0 Å². The van der Waals surface area contributed by atoms with Gasteiger partial charge in [0.25, 0.3) is 0 Å². The van der Waals surface area contributed by atoms with E-state index in [0.717, 1.165) is 0 Å². The van der Waals surface area contributed by atoms with E-state index in [1.54, 1.807) is 11.8 Å². The largest absolute Gasteiger partial charge is 0.465 e. The lowest BCUT2D eigenvalue weighted by Crippen LogP contribution is -2.37. The average Bonchev–Trinajstić information content (AvgIpc) is 2.75. The molecule has 1 saturated heterocycles. The Morgan fingerprint density at radius 1 is 1.40 bits per heavy atom. The van der Waals surface area contributed by atoms with Crippen molar-refractivity contribution in [2.45, 2.75) is 26.4 Å². The molecule has 7 heteroatoms. The van der Waals surface area contributed by atoms with Crippen LogP contribution in [0.1, 0.15) is 20.3 Å². The summed E-state index contributed by atoms with van der Waals surface area (Å²) in [5.41, 5.74) is 0. The molecule has 0 radical (unpaired) electrons. The van der Waals surface area contributed by atoms with Crippen LogP contribution in [0.25, 0.3) is 0 Å². The van der Waals surface area contributed by atoms with Gasteiger partial charge in [-0.1, -0.05) is 0 Å². The number of carbonyl (C=O) groups is 2. The molecule has 1 aliphatic rings. The van der Waals surface area contributed by atoms with E-state index in [1.807, 2.05) is 6.92 Å².